The largest absolute Gasteiger partial charge is 0.399 e. The second-order valence-corrected chi connectivity index (χ2v) is 1.85. The molecule has 0 aromatic heterocycles. The molecular weight excluding hydrogens is 207 g/mol. The number of nitro benzene ring substituents is 1. The zero-order valence-corrected chi connectivity index (χ0v) is 7.47. The first-order valence-corrected chi connectivity index (χ1v) is 2.70. The van der Waals surface area contributed by atoms with E-state index in [0.29, 0.717) is 5.69 Å². The number of nitrogen functional groups attached to an aromatic ring is 1. The van der Waals surface area contributed by atoms with Gasteiger partial charge in [-0.2, -0.15) is 0 Å². The van der Waals surface area contributed by atoms with E-state index < -0.39 is 4.92 Å². The van der Waals surface area contributed by atoms with Gasteiger partial charge in [0.25, 0.3) is 5.69 Å². The van der Waals surface area contributed by atoms with Gasteiger partial charge in [0.1, 0.15) is 0 Å². The van der Waals surface area contributed by atoms with E-state index in [2.05, 4.69) is 0 Å². The van der Waals surface area contributed by atoms with Crippen LogP contribution < -0.4 is 5.73 Å². The molecule has 0 fully saturated rings. The average molecular weight is 213 g/mol. The Hall–Kier alpha value is -1.02. The summed E-state index contributed by atoms with van der Waals surface area (Å²) in [6.45, 7) is 0. The SMILES string of the molecule is Nc1cccc([N+](=O)[O-])c1.[As]. The minimum absolute atomic E-state index is 0. The maximum atomic E-state index is 10.1. The minimum atomic E-state index is -0.476. The Morgan fingerprint density at radius 3 is 2.45 bits per heavy atom. The molecule has 0 bridgehead atoms. The van der Waals surface area contributed by atoms with Crippen LogP contribution in [-0.4, -0.2) is 22.9 Å². The molecule has 1 rings (SSSR count). The molecule has 57 valence electrons. The fraction of sp³-hybridized carbons (Fsp3) is 0. The maximum Gasteiger partial charge on any atom is 0.271 e. The van der Waals surface area contributed by atoms with Gasteiger partial charge in [-0.1, -0.05) is 6.07 Å². The van der Waals surface area contributed by atoms with E-state index in [1.807, 2.05) is 0 Å². The van der Waals surface area contributed by atoms with Crippen LogP contribution in [0.25, 0.3) is 0 Å². The summed E-state index contributed by atoms with van der Waals surface area (Å²) in [5, 5.41) is 10.1. The van der Waals surface area contributed by atoms with Gasteiger partial charge >= 0.3 is 0 Å². The van der Waals surface area contributed by atoms with Crippen LogP contribution in [-0.2, 0) is 0 Å². The average Bonchev–Trinajstić information content (AvgIpc) is 1.88. The van der Waals surface area contributed by atoms with Crippen molar-refractivity contribution in [3.63, 3.8) is 0 Å². The summed E-state index contributed by atoms with van der Waals surface area (Å²) in [6, 6.07) is 5.87. The number of benzene rings is 1. The van der Waals surface area contributed by atoms with E-state index in [0.717, 1.165) is 0 Å². The van der Waals surface area contributed by atoms with E-state index >= 15 is 0 Å². The van der Waals surface area contributed by atoms with Crippen molar-refractivity contribution in [3.05, 3.63) is 34.4 Å². The molecule has 1 aromatic rings. The molecule has 0 saturated carbocycles. The van der Waals surface area contributed by atoms with Crippen LogP contribution in [0.4, 0.5) is 11.4 Å². The first-order chi connectivity index (χ1) is 4.70. The monoisotopic (exact) mass is 213 g/mol. The number of rotatable bonds is 1. The van der Waals surface area contributed by atoms with Crippen LogP contribution in [0.1, 0.15) is 0 Å². The molecule has 0 aliphatic carbocycles. The van der Waals surface area contributed by atoms with Crippen LogP contribution in [0, 0.1) is 10.1 Å². The van der Waals surface area contributed by atoms with Crippen molar-refractivity contribution < 1.29 is 4.92 Å². The first kappa shape index (κ1) is 9.98. The van der Waals surface area contributed by atoms with Gasteiger partial charge in [0.15, 0.2) is 0 Å². The van der Waals surface area contributed by atoms with Gasteiger partial charge in [-0.15, -0.1) is 0 Å². The second-order valence-electron chi connectivity index (χ2n) is 1.85. The van der Waals surface area contributed by atoms with Gasteiger partial charge in [0.2, 0.25) is 0 Å². The molecule has 1 aromatic carbocycles. The van der Waals surface area contributed by atoms with Crippen LogP contribution in [0.2, 0.25) is 0 Å². The quantitative estimate of drug-likeness (QED) is 0.324. The molecular formula is C6H6AsN2O2. The first-order valence-electron chi connectivity index (χ1n) is 2.70. The molecule has 0 aliphatic heterocycles. The van der Waals surface area contributed by atoms with Crippen molar-refractivity contribution in [2.24, 2.45) is 0 Å². The van der Waals surface area contributed by atoms with Crippen LogP contribution in [0.3, 0.4) is 0 Å². The maximum absolute atomic E-state index is 10.1. The molecule has 2 N–H and O–H groups in total. The third-order valence-corrected chi connectivity index (χ3v) is 1.08. The second kappa shape index (κ2) is 3.98. The smallest absolute Gasteiger partial charge is 0.271 e. The van der Waals surface area contributed by atoms with Gasteiger partial charge in [-0.25, -0.2) is 0 Å². The van der Waals surface area contributed by atoms with E-state index in [1.54, 1.807) is 12.1 Å². The number of non-ortho nitro benzene ring substituents is 1. The molecule has 5 heteroatoms. The fourth-order valence-corrected chi connectivity index (χ4v) is 0.638. The van der Waals surface area contributed by atoms with Gasteiger partial charge in [-0.05, 0) is 6.07 Å². The van der Waals surface area contributed by atoms with Crippen LogP contribution >= 0.6 is 0 Å². The number of nitrogens with two attached hydrogens (primary N) is 1. The molecule has 3 radical (unpaired) electrons. The van der Waals surface area contributed by atoms with Crippen molar-refractivity contribution in [2.45, 2.75) is 0 Å². The Bertz CT molecular complexity index is 265. The zero-order valence-electron chi connectivity index (χ0n) is 5.60. The molecule has 0 unspecified atom stereocenters. The third kappa shape index (κ3) is 2.60. The predicted octanol–water partition coefficient (Wildman–Crippen LogP) is 0.796. The van der Waals surface area contributed by atoms with Crippen LogP contribution in [0.15, 0.2) is 24.3 Å². The standard InChI is InChI=1S/C6H6N2O2.As/c7-5-2-1-3-6(4-5)8(9)10;/h1-4H,7H2;. The van der Waals surface area contributed by atoms with Crippen LogP contribution in [0.5, 0.6) is 0 Å². The number of nitrogens with zero attached hydrogens (tertiary/aromatic N) is 1. The Balaban J connectivity index is 0.000001000. The number of hydrogen-bond acceptors (Lipinski definition) is 3. The van der Waals surface area contributed by atoms with E-state index in [1.165, 1.54) is 12.1 Å². The number of hydrogen-bond donors (Lipinski definition) is 1. The van der Waals surface area contributed by atoms with Crippen molar-refractivity contribution >= 4 is 29.3 Å². The molecule has 0 atom stereocenters. The molecule has 4 nitrogen and oxygen atoms in total. The van der Waals surface area contributed by atoms with Gasteiger partial charge in [0.05, 0.1) is 4.92 Å². The summed E-state index contributed by atoms with van der Waals surface area (Å²) in [5.41, 5.74) is 5.73. The Morgan fingerprint density at radius 2 is 2.09 bits per heavy atom. The third-order valence-electron chi connectivity index (χ3n) is 1.08. The topological polar surface area (TPSA) is 69.2 Å². The van der Waals surface area contributed by atoms with Gasteiger partial charge in [0, 0.05) is 35.8 Å². The molecule has 0 heterocycles. The summed E-state index contributed by atoms with van der Waals surface area (Å²) in [7, 11) is 0. The van der Waals surface area contributed by atoms with E-state index in [4.69, 9.17) is 5.73 Å². The summed E-state index contributed by atoms with van der Waals surface area (Å²) in [5.74, 6) is 0. The van der Waals surface area contributed by atoms with Crippen molar-refractivity contribution in [2.75, 3.05) is 5.73 Å². The minimum Gasteiger partial charge on any atom is -0.399 e. The van der Waals surface area contributed by atoms with Crippen molar-refractivity contribution in [1.82, 2.24) is 0 Å². The molecule has 11 heavy (non-hydrogen) atoms. The van der Waals surface area contributed by atoms with E-state index in [-0.39, 0.29) is 23.6 Å². The van der Waals surface area contributed by atoms with Crippen molar-refractivity contribution in [1.29, 1.82) is 0 Å². The normalized spacial score (nSPS) is 8.36. The summed E-state index contributed by atoms with van der Waals surface area (Å²) in [4.78, 5) is 9.63. The number of nitro groups is 1. The zero-order chi connectivity index (χ0) is 7.56. The molecule has 0 spiro atoms. The Labute approximate surface area is 74.9 Å². The summed E-state index contributed by atoms with van der Waals surface area (Å²) >= 11 is 0. The summed E-state index contributed by atoms with van der Waals surface area (Å²) < 4.78 is 0. The molecule has 0 saturated heterocycles. The van der Waals surface area contributed by atoms with Gasteiger partial charge in [-0.3, -0.25) is 10.1 Å². The van der Waals surface area contributed by atoms with Crippen molar-refractivity contribution in [3.8, 4) is 0 Å². The predicted molar refractivity (Wildman–Crippen MR) is 43.3 cm³/mol. The molecule has 0 aliphatic rings. The number of anilines is 1. The van der Waals surface area contributed by atoms with Gasteiger partial charge < -0.3 is 5.73 Å². The molecule has 0 amide bonds. The summed E-state index contributed by atoms with van der Waals surface area (Å²) in [6.07, 6.45) is 0. The Morgan fingerprint density at radius 1 is 1.45 bits per heavy atom. The fourth-order valence-electron chi connectivity index (χ4n) is 0.638. The Kier molecular flexibility index (Phi) is 3.61. The van der Waals surface area contributed by atoms with E-state index in [9.17, 15) is 10.1 Å².